The van der Waals surface area contributed by atoms with Crippen molar-refractivity contribution in [1.82, 2.24) is 4.72 Å². The number of carbonyl (C=O) groups excluding carboxylic acids is 1. The second kappa shape index (κ2) is 7.90. The summed E-state index contributed by atoms with van der Waals surface area (Å²) in [4.78, 5) is 12.6. The van der Waals surface area contributed by atoms with Gasteiger partial charge in [-0.2, -0.15) is 4.72 Å². The van der Waals surface area contributed by atoms with Gasteiger partial charge in [0.2, 0.25) is 10.0 Å². The molecule has 1 N–H and O–H groups in total. The SMILES string of the molecule is CCOC(=O)[C@@H](NS(=O)(=O)c1ccc(C)cc1)c1ccc2ccccc2c1. The Morgan fingerprint density at radius 2 is 1.67 bits per heavy atom. The lowest BCUT2D eigenvalue weighted by Gasteiger charge is -2.18. The third-order valence-electron chi connectivity index (χ3n) is 4.23. The van der Waals surface area contributed by atoms with Gasteiger partial charge >= 0.3 is 5.97 Å². The first-order chi connectivity index (χ1) is 12.9. The lowest BCUT2D eigenvalue weighted by Crippen LogP contribution is -2.35. The van der Waals surface area contributed by atoms with Gasteiger partial charge in [0, 0.05) is 0 Å². The maximum Gasteiger partial charge on any atom is 0.328 e. The summed E-state index contributed by atoms with van der Waals surface area (Å²) < 4.78 is 33.2. The predicted molar refractivity (Wildman–Crippen MR) is 105 cm³/mol. The van der Waals surface area contributed by atoms with E-state index < -0.39 is 22.0 Å². The molecule has 3 aromatic rings. The molecule has 0 fully saturated rings. The number of nitrogens with one attached hydrogen (secondary N) is 1. The monoisotopic (exact) mass is 383 g/mol. The molecule has 0 aliphatic heterocycles. The lowest BCUT2D eigenvalue weighted by molar-refractivity contribution is -0.145. The normalized spacial score (nSPS) is 12.7. The number of ether oxygens (including phenoxy) is 1. The van der Waals surface area contributed by atoms with Crippen LogP contribution in [0.15, 0.2) is 71.6 Å². The smallest absolute Gasteiger partial charge is 0.328 e. The first-order valence-corrected chi connectivity index (χ1v) is 10.1. The number of fused-ring (bicyclic) bond motifs is 1. The van der Waals surface area contributed by atoms with E-state index in [1.54, 1.807) is 31.2 Å². The fourth-order valence-corrected chi connectivity index (χ4v) is 3.98. The van der Waals surface area contributed by atoms with E-state index in [0.29, 0.717) is 5.56 Å². The third-order valence-corrected chi connectivity index (χ3v) is 5.67. The van der Waals surface area contributed by atoms with Gasteiger partial charge in [-0.05, 0) is 48.4 Å². The maximum absolute atomic E-state index is 12.8. The van der Waals surface area contributed by atoms with Crippen LogP contribution in [-0.4, -0.2) is 21.0 Å². The number of aryl methyl sites for hydroxylation is 1. The second-order valence-electron chi connectivity index (χ2n) is 6.23. The highest BCUT2D eigenvalue weighted by Crippen LogP contribution is 2.23. The molecule has 0 unspecified atom stereocenters. The minimum atomic E-state index is -3.89. The van der Waals surface area contributed by atoms with E-state index in [-0.39, 0.29) is 11.5 Å². The first-order valence-electron chi connectivity index (χ1n) is 8.65. The highest BCUT2D eigenvalue weighted by Gasteiger charge is 2.28. The van der Waals surface area contributed by atoms with Crippen molar-refractivity contribution in [3.63, 3.8) is 0 Å². The largest absolute Gasteiger partial charge is 0.465 e. The molecule has 140 valence electrons. The summed E-state index contributed by atoms with van der Waals surface area (Å²) in [5.41, 5.74) is 1.48. The predicted octanol–water partition coefficient (Wildman–Crippen LogP) is 3.73. The third kappa shape index (κ3) is 4.35. The van der Waals surface area contributed by atoms with E-state index in [9.17, 15) is 13.2 Å². The van der Waals surface area contributed by atoms with E-state index in [2.05, 4.69) is 4.72 Å². The van der Waals surface area contributed by atoms with E-state index in [0.717, 1.165) is 16.3 Å². The van der Waals surface area contributed by atoms with Gasteiger partial charge in [0.1, 0.15) is 6.04 Å². The first kappa shape index (κ1) is 19.1. The van der Waals surface area contributed by atoms with Gasteiger partial charge in [0.25, 0.3) is 0 Å². The van der Waals surface area contributed by atoms with Crippen LogP contribution in [0.5, 0.6) is 0 Å². The Balaban J connectivity index is 2.00. The summed E-state index contributed by atoms with van der Waals surface area (Å²) in [6.45, 7) is 3.72. The second-order valence-corrected chi connectivity index (χ2v) is 7.94. The van der Waals surface area contributed by atoms with Gasteiger partial charge in [-0.1, -0.05) is 54.1 Å². The molecule has 0 heterocycles. The number of benzene rings is 3. The van der Waals surface area contributed by atoms with Crippen LogP contribution >= 0.6 is 0 Å². The highest BCUT2D eigenvalue weighted by molar-refractivity contribution is 7.89. The lowest BCUT2D eigenvalue weighted by atomic mass is 10.0. The van der Waals surface area contributed by atoms with Crippen molar-refractivity contribution in [3.8, 4) is 0 Å². The number of sulfonamides is 1. The minimum absolute atomic E-state index is 0.100. The van der Waals surface area contributed by atoms with Gasteiger partial charge < -0.3 is 4.74 Å². The highest BCUT2D eigenvalue weighted by atomic mass is 32.2. The molecule has 0 saturated carbocycles. The van der Waals surface area contributed by atoms with Crippen LogP contribution in [0.25, 0.3) is 10.8 Å². The summed E-state index contributed by atoms with van der Waals surface area (Å²) >= 11 is 0. The molecule has 0 saturated heterocycles. The Kier molecular flexibility index (Phi) is 5.58. The zero-order valence-corrected chi connectivity index (χ0v) is 16.0. The Hall–Kier alpha value is -2.70. The average molecular weight is 383 g/mol. The maximum atomic E-state index is 12.8. The van der Waals surface area contributed by atoms with Gasteiger partial charge in [0.15, 0.2) is 0 Å². The fourth-order valence-electron chi connectivity index (χ4n) is 2.81. The number of carbonyl (C=O) groups is 1. The molecular weight excluding hydrogens is 362 g/mol. The molecule has 0 bridgehead atoms. The molecule has 0 aliphatic rings. The summed E-state index contributed by atoms with van der Waals surface area (Å²) in [6, 6.07) is 18.4. The molecule has 27 heavy (non-hydrogen) atoms. The summed E-state index contributed by atoms with van der Waals surface area (Å²) in [5, 5.41) is 1.92. The molecular formula is C21H21NO4S. The van der Waals surface area contributed by atoms with Crippen molar-refractivity contribution in [3.05, 3.63) is 77.9 Å². The standard InChI is InChI=1S/C21H21NO4S/c1-3-26-21(23)20(18-11-10-16-6-4-5-7-17(16)14-18)22-27(24,25)19-12-8-15(2)9-13-19/h4-14,20,22H,3H2,1-2H3/t20-/m0/s1. The average Bonchev–Trinajstić information content (AvgIpc) is 2.66. The van der Waals surface area contributed by atoms with Crippen molar-refractivity contribution in [2.75, 3.05) is 6.61 Å². The van der Waals surface area contributed by atoms with Crippen molar-refractivity contribution < 1.29 is 17.9 Å². The molecule has 0 aromatic heterocycles. The van der Waals surface area contributed by atoms with Crippen molar-refractivity contribution >= 4 is 26.8 Å². The van der Waals surface area contributed by atoms with Crippen molar-refractivity contribution in [1.29, 1.82) is 0 Å². The van der Waals surface area contributed by atoms with Crippen LogP contribution < -0.4 is 4.72 Å². The van der Waals surface area contributed by atoms with Crippen LogP contribution in [0.3, 0.4) is 0 Å². The zero-order valence-electron chi connectivity index (χ0n) is 15.2. The molecule has 5 nitrogen and oxygen atoms in total. The van der Waals surface area contributed by atoms with Crippen molar-refractivity contribution in [2.45, 2.75) is 24.8 Å². The molecule has 0 amide bonds. The molecule has 1 atom stereocenters. The number of esters is 1. The van der Waals surface area contributed by atoms with E-state index in [1.165, 1.54) is 12.1 Å². The number of hydrogen-bond acceptors (Lipinski definition) is 4. The summed E-state index contributed by atoms with van der Waals surface area (Å²) in [7, 11) is -3.89. The minimum Gasteiger partial charge on any atom is -0.465 e. The van der Waals surface area contributed by atoms with Gasteiger partial charge in [0.05, 0.1) is 11.5 Å². The molecule has 0 aliphatic carbocycles. The fraction of sp³-hybridized carbons (Fsp3) is 0.190. The number of rotatable bonds is 6. The van der Waals surface area contributed by atoms with Crippen molar-refractivity contribution in [2.24, 2.45) is 0 Å². The Morgan fingerprint density at radius 3 is 2.33 bits per heavy atom. The zero-order chi connectivity index (χ0) is 19.4. The van der Waals surface area contributed by atoms with Gasteiger partial charge in [-0.3, -0.25) is 0 Å². The van der Waals surface area contributed by atoms with E-state index in [4.69, 9.17) is 4.74 Å². The molecule has 0 radical (unpaired) electrons. The quantitative estimate of drug-likeness (QED) is 0.658. The molecule has 6 heteroatoms. The molecule has 0 spiro atoms. The molecule has 3 aromatic carbocycles. The van der Waals surface area contributed by atoms with E-state index in [1.807, 2.05) is 37.3 Å². The van der Waals surface area contributed by atoms with Crippen LogP contribution in [0.4, 0.5) is 0 Å². The number of hydrogen-bond donors (Lipinski definition) is 1. The Morgan fingerprint density at radius 1 is 1.00 bits per heavy atom. The van der Waals surface area contributed by atoms with Crippen LogP contribution in [0.1, 0.15) is 24.1 Å². The van der Waals surface area contributed by atoms with Crippen LogP contribution in [-0.2, 0) is 19.6 Å². The van der Waals surface area contributed by atoms with Gasteiger partial charge in [-0.15, -0.1) is 0 Å². The summed E-state index contributed by atoms with van der Waals surface area (Å²) in [5.74, 6) is -0.636. The van der Waals surface area contributed by atoms with Crippen LogP contribution in [0.2, 0.25) is 0 Å². The molecule has 3 rings (SSSR count). The van der Waals surface area contributed by atoms with Gasteiger partial charge in [-0.25, -0.2) is 13.2 Å². The van der Waals surface area contributed by atoms with E-state index >= 15 is 0 Å². The van der Waals surface area contributed by atoms with Crippen LogP contribution in [0, 0.1) is 6.92 Å². The Bertz CT molecular complexity index is 1060. The summed E-state index contributed by atoms with van der Waals surface area (Å²) in [6.07, 6.45) is 0. The topological polar surface area (TPSA) is 72.5 Å². The Labute approximate surface area is 159 Å².